The summed E-state index contributed by atoms with van der Waals surface area (Å²) >= 11 is 12.2. The number of thiocarbonyl (C=S) groups is 1. The van der Waals surface area contributed by atoms with E-state index in [0.29, 0.717) is 0 Å². The number of benzene rings is 2. The monoisotopic (exact) mass is 550 g/mol. The molecule has 1 N–H and O–H groups in total. The molecule has 4 rings (SSSR count). The van der Waals surface area contributed by atoms with Crippen LogP contribution in [0.1, 0.15) is 66.5 Å². The fourth-order valence-corrected chi connectivity index (χ4v) is 6.14. The Hall–Kier alpha value is -2.34. The summed E-state index contributed by atoms with van der Waals surface area (Å²) in [7, 11) is 2.30. The van der Waals surface area contributed by atoms with Crippen molar-refractivity contribution in [2.75, 3.05) is 25.5 Å². The van der Waals surface area contributed by atoms with E-state index in [0.717, 1.165) is 54.5 Å². The highest BCUT2D eigenvalue weighted by Gasteiger charge is 2.19. The molecule has 1 heterocycles. The van der Waals surface area contributed by atoms with E-state index in [4.69, 9.17) is 23.8 Å². The van der Waals surface area contributed by atoms with Crippen LogP contribution in [0.2, 0.25) is 5.02 Å². The molecule has 38 heavy (non-hydrogen) atoms. The van der Waals surface area contributed by atoms with Crippen LogP contribution in [0, 0.1) is 20.8 Å². The highest BCUT2D eigenvalue weighted by atomic mass is 35.5. The van der Waals surface area contributed by atoms with Crippen LogP contribution in [0.3, 0.4) is 0 Å². The highest BCUT2D eigenvalue weighted by Crippen LogP contribution is 2.24. The van der Waals surface area contributed by atoms with Gasteiger partial charge in [0.15, 0.2) is 5.11 Å². The molecule has 1 aliphatic carbocycles. The van der Waals surface area contributed by atoms with Crippen LogP contribution in [-0.2, 0) is 13.1 Å². The van der Waals surface area contributed by atoms with Crippen molar-refractivity contribution in [1.29, 1.82) is 0 Å². The molecule has 0 amide bonds. The van der Waals surface area contributed by atoms with Gasteiger partial charge < -0.3 is 19.7 Å². The van der Waals surface area contributed by atoms with Crippen molar-refractivity contribution in [3.63, 3.8) is 0 Å². The van der Waals surface area contributed by atoms with Gasteiger partial charge in [0, 0.05) is 41.7 Å². The molecule has 4 nitrogen and oxygen atoms in total. The van der Waals surface area contributed by atoms with E-state index in [-0.39, 0.29) is 0 Å². The minimum absolute atomic E-state index is 0.733. The lowest BCUT2D eigenvalue weighted by Crippen LogP contribution is -2.39. The average molecular weight is 551 g/mol. The van der Waals surface area contributed by atoms with E-state index >= 15 is 0 Å². The summed E-state index contributed by atoms with van der Waals surface area (Å²) in [5.74, 6) is 0. The topological polar surface area (TPSA) is 23.4 Å². The predicted octanol–water partition coefficient (Wildman–Crippen LogP) is 7.97. The van der Waals surface area contributed by atoms with Gasteiger partial charge in [0.2, 0.25) is 0 Å². The van der Waals surface area contributed by atoms with Crippen LogP contribution in [0.15, 0.2) is 54.7 Å². The summed E-state index contributed by atoms with van der Waals surface area (Å²) in [4.78, 5) is 4.92. The largest absolute Gasteiger partial charge is 0.345 e. The van der Waals surface area contributed by atoms with Crippen molar-refractivity contribution in [2.24, 2.45) is 0 Å². The smallest absolute Gasteiger partial charge is 0.173 e. The lowest BCUT2D eigenvalue weighted by Gasteiger charge is -2.32. The number of rotatable bonds is 10. The molecule has 0 radical (unpaired) electrons. The first-order chi connectivity index (χ1) is 18.3. The first-order valence-corrected chi connectivity index (χ1v) is 14.8. The molecule has 2 aromatic carbocycles. The van der Waals surface area contributed by atoms with Crippen molar-refractivity contribution in [1.82, 2.24) is 14.4 Å². The third-order valence-corrected chi connectivity index (χ3v) is 8.49. The maximum Gasteiger partial charge on any atom is 0.173 e. The Morgan fingerprint density at radius 1 is 1.00 bits per heavy atom. The van der Waals surface area contributed by atoms with E-state index < -0.39 is 0 Å². The second-order valence-electron chi connectivity index (χ2n) is 11.0. The molecule has 0 spiro atoms. The van der Waals surface area contributed by atoms with Crippen molar-refractivity contribution in [3.05, 3.63) is 87.7 Å². The van der Waals surface area contributed by atoms with E-state index in [2.05, 4.69) is 90.1 Å². The van der Waals surface area contributed by atoms with Crippen molar-refractivity contribution in [3.8, 4) is 0 Å². The number of halogens is 1. The Bertz CT molecular complexity index is 1170. The zero-order valence-corrected chi connectivity index (χ0v) is 25.0. The van der Waals surface area contributed by atoms with Crippen LogP contribution >= 0.6 is 23.8 Å². The summed E-state index contributed by atoms with van der Waals surface area (Å²) in [6.07, 6.45) is 10.0. The zero-order valence-electron chi connectivity index (χ0n) is 23.5. The summed E-state index contributed by atoms with van der Waals surface area (Å²) < 4.78 is 2.31. The van der Waals surface area contributed by atoms with Gasteiger partial charge in [0.05, 0.1) is 6.54 Å². The average Bonchev–Trinajstić information content (AvgIpc) is 3.33. The molecular weight excluding hydrogens is 508 g/mol. The van der Waals surface area contributed by atoms with Gasteiger partial charge in [0.1, 0.15) is 0 Å². The second kappa shape index (κ2) is 13.6. The number of nitrogens with one attached hydrogen (secondary N) is 1. The summed E-state index contributed by atoms with van der Waals surface area (Å²) in [6.45, 7) is 10.1. The van der Waals surface area contributed by atoms with Crippen molar-refractivity contribution in [2.45, 2.75) is 78.4 Å². The second-order valence-corrected chi connectivity index (χ2v) is 11.8. The van der Waals surface area contributed by atoms with Gasteiger partial charge >= 0.3 is 0 Å². The van der Waals surface area contributed by atoms with E-state index in [9.17, 15) is 0 Å². The number of aromatic nitrogens is 1. The molecule has 0 bridgehead atoms. The lowest BCUT2D eigenvalue weighted by atomic mass is 9.94. The zero-order chi connectivity index (χ0) is 27.1. The Kier molecular flexibility index (Phi) is 10.3. The molecule has 1 aromatic heterocycles. The van der Waals surface area contributed by atoms with E-state index in [1.54, 1.807) is 0 Å². The van der Waals surface area contributed by atoms with Gasteiger partial charge in [-0.05, 0) is 107 Å². The minimum atomic E-state index is 0.733. The molecule has 1 fully saturated rings. The highest BCUT2D eigenvalue weighted by molar-refractivity contribution is 7.80. The molecule has 0 atom stereocenters. The Labute approximate surface area is 240 Å². The molecule has 3 aromatic rings. The molecule has 0 saturated heterocycles. The van der Waals surface area contributed by atoms with Gasteiger partial charge in [-0.1, -0.05) is 60.7 Å². The molecule has 1 aliphatic rings. The number of hydrogen-bond acceptors (Lipinski definition) is 2. The van der Waals surface area contributed by atoms with Crippen LogP contribution in [0.5, 0.6) is 0 Å². The molecule has 204 valence electrons. The van der Waals surface area contributed by atoms with E-state index in [1.807, 2.05) is 12.1 Å². The summed E-state index contributed by atoms with van der Waals surface area (Å²) in [6, 6.07) is 17.6. The van der Waals surface area contributed by atoms with Gasteiger partial charge in [0.25, 0.3) is 0 Å². The Morgan fingerprint density at radius 2 is 1.68 bits per heavy atom. The van der Waals surface area contributed by atoms with Gasteiger partial charge in [-0.25, -0.2) is 0 Å². The van der Waals surface area contributed by atoms with Crippen molar-refractivity contribution < 1.29 is 0 Å². The fourth-order valence-electron chi connectivity index (χ4n) is 5.76. The standard InChI is InChI=1S/C32H43ClN4S/c1-24-20-25(2)31(26(3)21-24)34-32(38)37(19-9-17-35(4)29-10-6-5-7-11-29)23-30-12-8-18-36(30)22-27-13-15-28(33)16-14-27/h8,12-16,18,20-21,29H,5-7,9-11,17,19,22-23H2,1-4H3,(H,34,38). The molecule has 1 saturated carbocycles. The number of nitrogens with zero attached hydrogens (tertiary/aromatic N) is 3. The van der Waals surface area contributed by atoms with Gasteiger partial charge in [-0.15, -0.1) is 0 Å². The first-order valence-electron chi connectivity index (χ1n) is 14.0. The minimum Gasteiger partial charge on any atom is -0.345 e. The number of anilines is 1. The van der Waals surface area contributed by atoms with Crippen LogP contribution in [0.25, 0.3) is 0 Å². The number of hydrogen-bond donors (Lipinski definition) is 1. The molecule has 6 heteroatoms. The summed E-state index contributed by atoms with van der Waals surface area (Å²) in [5.41, 5.74) is 7.35. The van der Waals surface area contributed by atoms with E-state index in [1.165, 1.54) is 60.1 Å². The third kappa shape index (κ3) is 7.84. The van der Waals surface area contributed by atoms with Crippen LogP contribution < -0.4 is 5.32 Å². The SMILES string of the molecule is Cc1cc(C)c(NC(=S)N(CCCN(C)C2CCCCC2)Cc2cccn2Cc2ccc(Cl)cc2)c(C)c1. The maximum atomic E-state index is 6.11. The Morgan fingerprint density at radius 3 is 2.37 bits per heavy atom. The van der Waals surface area contributed by atoms with Gasteiger partial charge in [-0.3, -0.25) is 0 Å². The molecular formula is C32H43ClN4S. The van der Waals surface area contributed by atoms with Crippen LogP contribution in [-0.4, -0.2) is 45.7 Å². The number of aryl methyl sites for hydroxylation is 3. The van der Waals surface area contributed by atoms with Gasteiger partial charge in [-0.2, -0.15) is 0 Å². The summed E-state index contributed by atoms with van der Waals surface area (Å²) in [5, 5.41) is 5.17. The third-order valence-electron chi connectivity index (χ3n) is 7.88. The predicted molar refractivity (Wildman–Crippen MR) is 166 cm³/mol. The lowest BCUT2D eigenvalue weighted by molar-refractivity contribution is 0.185. The van der Waals surface area contributed by atoms with Crippen LogP contribution in [0.4, 0.5) is 5.69 Å². The fraction of sp³-hybridized carbons (Fsp3) is 0.469. The Balaban J connectivity index is 1.47. The maximum absolute atomic E-state index is 6.11. The molecule has 0 aliphatic heterocycles. The quantitative estimate of drug-likeness (QED) is 0.258. The molecule has 0 unspecified atom stereocenters. The van der Waals surface area contributed by atoms with Crippen molar-refractivity contribution >= 4 is 34.6 Å². The normalized spacial score (nSPS) is 14.2. The first kappa shape index (κ1) is 28.7.